The molecule has 0 aliphatic heterocycles. The average molecular weight is 178 g/mol. The molecular formula is C11H14O2. The Labute approximate surface area is 78.5 Å². The lowest BCUT2D eigenvalue weighted by Gasteiger charge is -2.12. The van der Waals surface area contributed by atoms with Crippen LogP contribution in [0.15, 0.2) is 36.9 Å². The Hall–Kier alpha value is -1.28. The number of hydrogen-bond donors (Lipinski definition) is 1. The summed E-state index contributed by atoms with van der Waals surface area (Å²) in [6, 6.07) is 7.45. The van der Waals surface area contributed by atoms with Gasteiger partial charge >= 0.3 is 0 Å². The van der Waals surface area contributed by atoms with Crippen LogP contribution in [0.5, 0.6) is 5.75 Å². The summed E-state index contributed by atoms with van der Waals surface area (Å²) >= 11 is 0. The Bertz CT molecular complexity index is 281. The zero-order valence-corrected chi connectivity index (χ0v) is 7.73. The number of benzene rings is 1. The second-order valence-electron chi connectivity index (χ2n) is 2.78. The molecule has 0 saturated heterocycles. The fourth-order valence-corrected chi connectivity index (χ4v) is 1.23. The van der Waals surface area contributed by atoms with Crippen molar-refractivity contribution >= 4 is 0 Å². The van der Waals surface area contributed by atoms with Crippen molar-refractivity contribution in [2.24, 2.45) is 0 Å². The highest BCUT2D eigenvalue weighted by molar-refractivity contribution is 5.35. The summed E-state index contributed by atoms with van der Waals surface area (Å²) < 4.78 is 5.12. The number of aliphatic hydroxyl groups is 1. The van der Waals surface area contributed by atoms with E-state index in [1.807, 2.05) is 24.3 Å². The Morgan fingerprint density at radius 3 is 2.85 bits per heavy atom. The van der Waals surface area contributed by atoms with Crippen LogP contribution in [0.2, 0.25) is 0 Å². The first-order valence-electron chi connectivity index (χ1n) is 4.21. The van der Waals surface area contributed by atoms with Crippen LogP contribution in [0.1, 0.15) is 18.1 Å². The van der Waals surface area contributed by atoms with E-state index in [4.69, 9.17) is 4.74 Å². The summed E-state index contributed by atoms with van der Waals surface area (Å²) in [7, 11) is 1.60. The molecule has 0 radical (unpaired) electrons. The molecule has 0 fully saturated rings. The molecule has 0 saturated carbocycles. The van der Waals surface area contributed by atoms with Crippen LogP contribution in [-0.4, -0.2) is 12.2 Å². The standard InChI is InChI=1S/C11H14O2/c1-3-6-10(12)9-7-4-5-8-11(9)13-2/h3-5,7-8,10,12H,1,6H2,2H3. The summed E-state index contributed by atoms with van der Waals surface area (Å²) in [5.41, 5.74) is 0.810. The van der Waals surface area contributed by atoms with Gasteiger partial charge in [-0.05, 0) is 12.5 Å². The second kappa shape index (κ2) is 4.67. The maximum atomic E-state index is 9.68. The van der Waals surface area contributed by atoms with Gasteiger partial charge < -0.3 is 9.84 Å². The Morgan fingerprint density at radius 1 is 1.54 bits per heavy atom. The maximum Gasteiger partial charge on any atom is 0.124 e. The SMILES string of the molecule is C=CCC(O)c1ccccc1OC. The summed E-state index contributed by atoms with van der Waals surface area (Å²) in [5, 5.41) is 9.68. The van der Waals surface area contributed by atoms with Crippen molar-refractivity contribution in [3.8, 4) is 5.75 Å². The van der Waals surface area contributed by atoms with Crippen LogP contribution in [0, 0.1) is 0 Å². The maximum absolute atomic E-state index is 9.68. The van der Waals surface area contributed by atoms with Crippen LogP contribution < -0.4 is 4.74 Å². The van der Waals surface area contributed by atoms with E-state index in [9.17, 15) is 5.11 Å². The molecule has 0 spiro atoms. The van der Waals surface area contributed by atoms with Gasteiger partial charge in [-0.1, -0.05) is 24.3 Å². The zero-order valence-electron chi connectivity index (χ0n) is 7.73. The van der Waals surface area contributed by atoms with Gasteiger partial charge in [-0.25, -0.2) is 0 Å². The molecule has 0 aliphatic carbocycles. The van der Waals surface area contributed by atoms with Gasteiger partial charge in [-0.2, -0.15) is 0 Å². The van der Waals surface area contributed by atoms with Gasteiger partial charge in [0.25, 0.3) is 0 Å². The van der Waals surface area contributed by atoms with Crippen molar-refractivity contribution in [2.45, 2.75) is 12.5 Å². The molecule has 0 aromatic heterocycles. The molecule has 1 atom stereocenters. The second-order valence-corrected chi connectivity index (χ2v) is 2.78. The lowest BCUT2D eigenvalue weighted by atomic mass is 10.1. The van der Waals surface area contributed by atoms with E-state index in [1.165, 1.54) is 0 Å². The predicted octanol–water partition coefficient (Wildman–Crippen LogP) is 2.30. The van der Waals surface area contributed by atoms with Crippen molar-refractivity contribution < 1.29 is 9.84 Å². The molecular weight excluding hydrogens is 164 g/mol. The fraction of sp³-hybridized carbons (Fsp3) is 0.273. The normalized spacial score (nSPS) is 12.2. The van der Waals surface area contributed by atoms with Gasteiger partial charge in [0.15, 0.2) is 0 Å². The van der Waals surface area contributed by atoms with Gasteiger partial charge in [0.2, 0.25) is 0 Å². The minimum atomic E-state index is -0.520. The number of ether oxygens (including phenoxy) is 1. The first-order chi connectivity index (χ1) is 6.29. The van der Waals surface area contributed by atoms with Crippen LogP contribution in [0.3, 0.4) is 0 Å². The average Bonchev–Trinajstić information content (AvgIpc) is 2.18. The number of hydrogen-bond acceptors (Lipinski definition) is 2. The van der Waals surface area contributed by atoms with Gasteiger partial charge in [-0.15, -0.1) is 6.58 Å². The molecule has 70 valence electrons. The molecule has 13 heavy (non-hydrogen) atoms. The highest BCUT2D eigenvalue weighted by Gasteiger charge is 2.09. The Kier molecular flexibility index (Phi) is 3.53. The van der Waals surface area contributed by atoms with E-state index in [1.54, 1.807) is 13.2 Å². The first kappa shape index (κ1) is 9.81. The van der Waals surface area contributed by atoms with Crippen molar-refractivity contribution in [3.05, 3.63) is 42.5 Å². The van der Waals surface area contributed by atoms with E-state index in [-0.39, 0.29) is 0 Å². The summed E-state index contributed by atoms with van der Waals surface area (Å²) in [5.74, 6) is 0.719. The Balaban J connectivity index is 2.91. The van der Waals surface area contributed by atoms with Gasteiger partial charge in [0, 0.05) is 5.56 Å². The number of methoxy groups -OCH3 is 1. The molecule has 1 rings (SSSR count). The third-order valence-corrected chi connectivity index (χ3v) is 1.89. The van der Waals surface area contributed by atoms with Gasteiger partial charge in [0.05, 0.1) is 13.2 Å². The number of para-hydroxylation sites is 1. The van der Waals surface area contributed by atoms with Crippen LogP contribution in [-0.2, 0) is 0 Å². The van der Waals surface area contributed by atoms with Crippen molar-refractivity contribution in [2.75, 3.05) is 7.11 Å². The molecule has 1 unspecified atom stereocenters. The molecule has 2 heteroatoms. The number of rotatable bonds is 4. The molecule has 1 N–H and O–H groups in total. The molecule has 1 aromatic carbocycles. The molecule has 0 amide bonds. The van der Waals surface area contributed by atoms with E-state index >= 15 is 0 Å². The van der Waals surface area contributed by atoms with Gasteiger partial charge in [-0.3, -0.25) is 0 Å². The number of aliphatic hydroxyl groups excluding tert-OH is 1. The minimum absolute atomic E-state index is 0.520. The topological polar surface area (TPSA) is 29.5 Å². The van der Waals surface area contributed by atoms with Crippen molar-refractivity contribution in [1.29, 1.82) is 0 Å². The molecule has 1 aromatic rings. The van der Waals surface area contributed by atoms with E-state index < -0.39 is 6.10 Å². The first-order valence-corrected chi connectivity index (χ1v) is 4.21. The lowest BCUT2D eigenvalue weighted by molar-refractivity contribution is 0.177. The predicted molar refractivity (Wildman–Crippen MR) is 52.8 cm³/mol. The summed E-state index contributed by atoms with van der Waals surface area (Å²) in [6.45, 7) is 3.58. The highest BCUT2D eigenvalue weighted by atomic mass is 16.5. The summed E-state index contributed by atoms with van der Waals surface area (Å²) in [4.78, 5) is 0. The molecule has 0 bridgehead atoms. The van der Waals surface area contributed by atoms with Gasteiger partial charge in [0.1, 0.15) is 5.75 Å². The van der Waals surface area contributed by atoms with Crippen LogP contribution >= 0.6 is 0 Å². The third kappa shape index (κ3) is 2.33. The highest BCUT2D eigenvalue weighted by Crippen LogP contribution is 2.26. The summed E-state index contributed by atoms with van der Waals surface area (Å²) in [6.07, 6.45) is 1.71. The molecule has 2 nitrogen and oxygen atoms in total. The van der Waals surface area contributed by atoms with E-state index in [2.05, 4.69) is 6.58 Å². The lowest BCUT2D eigenvalue weighted by Crippen LogP contribution is -1.98. The van der Waals surface area contributed by atoms with Crippen LogP contribution in [0.4, 0.5) is 0 Å². The monoisotopic (exact) mass is 178 g/mol. The van der Waals surface area contributed by atoms with Crippen molar-refractivity contribution in [1.82, 2.24) is 0 Å². The molecule has 0 heterocycles. The zero-order chi connectivity index (χ0) is 9.68. The van der Waals surface area contributed by atoms with E-state index in [0.717, 1.165) is 11.3 Å². The molecule has 0 aliphatic rings. The quantitative estimate of drug-likeness (QED) is 0.717. The fourth-order valence-electron chi connectivity index (χ4n) is 1.23. The Morgan fingerprint density at radius 2 is 2.23 bits per heavy atom. The smallest absolute Gasteiger partial charge is 0.124 e. The minimum Gasteiger partial charge on any atom is -0.496 e. The van der Waals surface area contributed by atoms with Crippen molar-refractivity contribution in [3.63, 3.8) is 0 Å². The third-order valence-electron chi connectivity index (χ3n) is 1.89. The largest absolute Gasteiger partial charge is 0.496 e. The van der Waals surface area contributed by atoms with Crippen LogP contribution in [0.25, 0.3) is 0 Å². The van der Waals surface area contributed by atoms with E-state index in [0.29, 0.717) is 6.42 Å².